The van der Waals surface area contributed by atoms with Crippen LogP contribution in [0, 0.1) is 6.92 Å². The number of furan rings is 1. The van der Waals surface area contributed by atoms with Gasteiger partial charge in [0.05, 0.1) is 5.56 Å². The largest absolute Gasteiger partial charge is 0.466 e. The number of carbonyl (C=O) groups is 2. The van der Waals surface area contributed by atoms with E-state index in [0.29, 0.717) is 29.9 Å². The van der Waals surface area contributed by atoms with Gasteiger partial charge in [-0.1, -0.05) is 18.2 Å². The van der Waals surface area contributed by atoms with E-state index >= 15 is 0 Å². The van der Waals surface area contributed by atoms with E-state index in [2.05, 4.69) is 5.32 Å². The summed E-state index contributed by atoms with van der Waals surface area (Å²) < 4.78 is 5.51. The smallest absolute Gasteiger partial charge is 0.259 e. The first-order valence-corrected chi connectivity index (χ1v) is 6.51. The highest BCUT2D eigenvalue weighted by Gasteiger charge is 2.15. The number of ketones is 1. The van der Waals surface area contributed by atoms with Gasteiger partial charge < -0.3 is 14.5 Å². The highest BCUT2D eigenvalue weighted by molar-refractivity contribution is 6.05. The van der Waals surface area contributed by atoms with Gasteiger partial charge in [-0.05, 0) is 32.0 Å². The van der Waals surface area contributed by atoms with E-state index < -0.39 is 0 Å². The van der Waals surface area contributed by atoms with Crippen molar-refractivity contribution >= 4 is 17.4 Å². The number of rotatable bonds is 5. The molecule has 1 amide bonds. The maximum Gasteiger partial charge on any atom is 0.259 e. The lowest BCUT2D eigenvalue weighted by Crippen LogP contribution is -2.11. The molecular weight excluding hydrogens is 254 g/mol. The second-order valence-electron chi connectivity index (χ2n) is 4.70. The molecule has 0 saturated carbocycles. The second kappa shape index (κ2) is 6.19. The van der Waals surface area contributed by atoms with Crippen LogP contribution >= 0.6 is 0 Å². The lowest BCUT2D eigenvalue weighted by atomic mass is 10.1. The number of nitrogens with one attached hydrogen (secondary N) is 1. The van der Waals surface area contributed by atoms with E-state index in [4.69, 9.17) is 4.42 Å². The summed E-state index contributed by atoms with van der Waals surface area (Å²) in [6, 6.07) is 11.0. The Kier molecular flexibility index (Phi) is 4.35. The summed E-state index contributed by atoms with van der Waals surface area (Å²) in [6.07, 6.45) is 0.946. The summed E-state index contributed by atoms with van der Waals surface area (Å²) in [4.78, 5) is 23.1. The first-order chi connectivity index (χ1) is 9.56. The SMILES string of the molecule is CC(=O)CCc1cc(C(=O)Nc2ccccc2)c(C)o1. The number of Topliss-reactive ketones (excluding diaryl/α,β-unsaturated/α-hetero) is 1. The molecule has 1 aromatic carbocycles. The number of para-hydroxylation sites is 1. The van der Waals surface area contributed by atoms with Crippen molar-refractivity contribution in [1.82, 2.24) is 0 Å². The van der Waals surface area contributed by atoms with Crippen LogP contribution in [-0.2, 0) is 11.2 Å². The second-order valence-corrected chi connectivity index (χ2v) is 4.70. The number of carbonyl (C=O) groups excluding carboxylic acids is 2. The third-order valence-corrected chi connectivity index (χ3v) is 2.97. The molecular formula is C16H17NO3. The minimum atomic E-state index is -0.202. The van der Waals surface area contributed by atoms with Crippen molar-refractivity contribution in [2.45, 2.75) is 26.7 Å². The molecule has 0 bridgehead atoms. The molecule has 104 valence electrons. The van der Waals surface area contributed by atoms with Crippen LogP contribution in [0.1, 0.15) is 35.2 Å². The molecule has 0 aliphatic carbocycles. The van der Waals surface area contributed by atoms with Crippen molar-refractivity contribution in [3.8, 4) is 0 Å². The molecule has 0 atom stereocenters. The topological polar surface area (TPSA) is 59.3 Å². The van der Waals surface area contributed by atoms with Crippen LogP contribution in [0.15, 0.2) is 40.8 Å². The van der Waals surface area contributed by atoms with E-state index in [1.807, 2.05) is 30.3 Å². The van der Waals surface area contributed by atoms with Crippen molar-refractivity contribution in [3.63, 3.8) is 0 Å². The summed E-state index contributed by atoms with van der Waals surface area (Å²) in [5.74, 6) is 1.13. The molecule has 4 heteroatoms. The zero-order valence-electron chi connectivity index (χ0n) is 11.6. The lowest BCUT2D eigenvalue weighted by molar-refractivity contribution is -0.117. The highest BCUT2D eigenvalue weighted by atomic mass is 16.3. The van der Waals surface area contributed by atoms with Crippen LogP contribution in [0.5, 0.6) is 0 Å². The average molecular weight is 271 g/mol. The highest BCUT2D eigenvalue weighted by Crippen LogP contribution is 2.18. The summed E-state index contributed by atoms with van der Waals surface area (Å²) in [5.41, 5.74) is 1.25. The van der Waals surface area contributed by atoms with Crippen LogP contribution < -0.4 is 5.32 Å². The van der Waals surface area contributed by atoms with Gasteiger partial charge in [-0.15, -0.1) is 0 Å². The zero-order chi connectivity index (χ0) is 14.5. The van der Waals surface area contributed by atoms with Gasteiger partial charge in [0, 0.05) is 18.5 Å². The third kappa shape index (κ3) is 3.57. The maximum absolute atomic E-state index is 12.1. The van der Waals surface area contributed by atoms with E-state index in [1.54, 1.807) is 19.9 Å². The average Bonchev–Trinajstić information content (AvgIpc) is 2.79. The Hall–Kier alpha value is -2.36. The van der Waals surface area contributed by atoms with Crippen molar-refractivity contribution in [3.05, 3.63) is 53.5 Å². The van der Waals surface area contributed by atoms with Gasteiger partial charge in [-0.3, -0.25) is 4.79 Å². The monoisotopic (exact) mass is 271 g/mol. The lowest BCUT2D eigenvalue weighted by Gasteiger charge is -2.03. The molecule has 0 aliphatic rings. The summed E-state index contributed by atoms with van der Waals surface area (Å²) in [5, 5.41) is 2.81. The quantitative estimate of drug-likeness (QED) is 0.907. The van der Waals surface area contributed by atoms with Crippen LogP contribution in [0.2, 0.25) is 0 Å². The number of amides is 1. The Morgan fingerprint density at radius 1 is 1.20 bits per heavy atom. The minimum Gasteiger partial charge on any atom is -0.466 e. The van der Waals surface area contributed by atoms with Crippen LogP contribution in [0.4, 0.5) is 5.69 Å². The molecule has 20 heavy (non-hydrogen) atoms. The molecule has 0 fully saturated rings. The molecule has 2 aromatic rings. The van der Waals surface area contributed by atoms with Crippen molar-refractivity contribution in [2.24, 2.45) is 0 Å². The predicted molar refractivity (Wildman–Crippen MR) is 76.8 cm³/mol. The van der Waals surface area contributed by atoms with Gasteiger partial charge in [0.1, 0.15) is 17.3 Å². The Labute approximate surface area is 117 Å². The fourth-order valence-electron chi connectivity index (χ4n) is 1.91. The number of hydrogen-bond donors (Lipinski definition) is 1. The van der Waals surface area contributed by atoms with Gasteiger partial charge in [0.2, 0.25) is 0 Å². The fourth-order valence-corrected chi connectivity index (χ4v) is 1.91. The minimum absolute atomic E-state index is 0.106. The van der Waals surface area contributed by atoms with E-state index in [-0.39, 0.29) is 11.7 Å². The molecule has 0 radical (unpaired) electrons. The molecule has 1 aromatic heterocycles. The summed E-state index contributed by atoms with van der Waals surface area (Å²) >= 11 is 0. The molecule has 1 heterocycles. The number of aryl methyl sites for hydroxylation is 2. The van der Waals surface area contributed by atoms with Gasteiger partial charge in [0.25, 0.3) is 5.91 Å². The zero-order valence-corrected chi connectivity index (χ0v) is 11.6. The summed E-state index contributed by atoms with van der Waals surface area (Å²) in [7, 11) is 0. The molecule has 1 N–H and O–H groups in total. The van der Waals surface area contributed by atoms with Crippen LogP contribution in [-0.4, -0.2) is 11.7 Å². The van der Waals surface area contributed by atoms with Crippen molar-refractivity contribution in [2.75, 3.05) is 5.32 Å². The van der Waals surface area contributed by atoms with Crippen LogP contribution in [0.25, 0.3) is 0 Å². The molecule has 0 saturated heterocycles. The molecule has 0 unspecified atom stereocenters. The predicted octanol–water partition coefficient (Wildman–Crippen LogP) is 3.36. The summed E-state index contributed by atoms with van der Waals surface area (Å²) in [6.45, 7) is 3.29. The van der Waals surface area contributed by atoms with E-state index in [9.17, 15) is 9.59 Å². The first kappa shape index (κ1) is 14.1. The van der Waals surface area contributed by atoms with Crippen LogP contribution in [0.3, 0.4) is 0 Å². The molecule has 2 rings (SSSR count). The standard InChI is InChI=1S/C16H17NO3/c1-11(18)8-9-14-10-15(12(2)20-14)16(19)17-13-6-4-3-5-7-13/h3-7,10H,8-9H2,1-2H3,(H,17,19). The fraction of sp³-hybridized carbons (Fsp3) is 0.250. The normalized spacial score (nSPS) is 10.3. The van der Waals surface area contributed by atoms with Gasteiger partial charge in [-0.25, -0.2) is 0 Å². The van der Waals surface area contributed by atoms with E-state index in [1.165, 1.54) is 0 Å². The Morgan fingerprint density at radius 2 is 1.90 bits per heavy atom. The van der Waals surface area contributed by atoms with Gasteiger partial charge in [0.15, 0.2) is 0 Å². The number of hydrogen-bond acceptors (Lipinski definition) is 3. The van der Waals surface area contributed by atoms with Gasteiger partial charge >= 0.3 is 0 Å². The van der Waals surface area contributed by atoms with Crippen molar-refractivity contribution in [1.29, 1.82) is 0 Å². The Balaban J connectivity index is 2.08. The third-order valence-electron chi connectivity index (χ3n) is 2.97. The van der Waals surface area contributed by atoms with Gasteiger partial charge in [-0.2, -0.15) is 0 Å². The number of benzene rings is 1. The van der Waals surface area contributed by atoms with Crippen molar-refractivity contribution < 1.29 is 14.0 Å². The molecule has 4 nitrogen and oxygen atoms in total. The van der Waals surface area contributed by atoms with E-state index in [0.717, 1.165) is 5.69 Å². The molecule has 0 spiro atoms. The first-order valence-electron chi connectivity index (χ1n) is 6.51. The molecule has 0 aliphatic heterocycles. The Morgan fingerprint density at radius 3 is 2.55 bits per heavy atom. The maximum atomic E-state index is 12.1. The Bertz CT molecular complexity index is 614. The number of anilines is 1.